The normalized spacial score (nSPS) is 20.6. The monoisotopic (exact) mass is 328 g/mol. The number of aromatic nitrogens is 1. The summed E-state index contributed by atoms with van der Waals surface area (Å²) in [6.07, 6.45) is 6.76. The summed E-state index contributed by atoms with van der Waals surface area (Å²) >= 11 is 3.33. The van der Waals surface area contributed by atoms with Crippen LogP contribution < -0.4 is 0 Å². The molecule has 0 radical (unpaired) electrons. The molecule has 4 nitrogen and oxygen atoms in total. The maximum atomic E-state index is 11.1. The van der Waals surface area contributed by atoms with Gasteiger partial charge in [-0.25, -0.2) is 4.79 Å². The number of likely N-dealkylation sites (tertiary alicyclic amines) is 1. The number of hydrogen-bond donors (Lipinski definition) is 1. The summed E-state index contributed by atoms with van der Waals surface area (Å²) < 4.78 is 2.65. The Morgan fingerprint density at radius 1 is 1.47 bits per heavy atom. The highest BCUT2D eigenvalue weighted by Gasteiger charge is 2.18. The maximum Gasteiger partial charge on any atom is 0.352 e. The lowest BCUT2D eigenvalue weighted by atomic mass is 10.0. The summed E-state index contributed by atoms with van der Waals surface area (Å²) in [7, 11) is 0. The molecule has 1 fully saturated rings. The summed E-state index contributed by atoms with van der Waals surface area (Å²) in [5, 5.41) is 9.12. The first kappa shape index (κ1) is 14.6. The van der Waals surface area contributed by atoms with E-state index in [4.69, 9.17) is 5.11 Å². The molecule has 1 atom stereocenters. The molecule has 0 amide bonds. The van der Waals surface area contributed by atoms with Gasteiger partial charge in [-0.15, -0.1) is 0 Å². The van der Waals surface area contributed by atoms with Crippen LogP contribution in [-0.2, 0) is 6.54 Å². The fourth-order valence-electron chi connectivity index (χ4n) is 2.77. The first-order valence-corrected chi connectivity index (χ1v) is 7.70. The van der Waals surface area contributed by atoms with Gasteiger partial charge in [0.25, 0.3) is 0 Å². The van der Waals surface area contributed by atoms with Gasteiger partial charge in [-0.05, 0) is 54.7 Å². The molecule has 0 spiro atoms. The van der Waals surface area contributed by atoms with E-state index in [1.807, 2.05) is 10.8 Å². The molecule has 106 valence electrons. The van der Waals surface area contributed by atoms with Crippen molar-refractivity contribution in [3.05, 3.63) is 22.4 Å². The lowest BCUT2D eigenvalue weighted by Gasteiger charge is -2.33. The van der Waals surface area contributed by atoms with Crippen LogP contribution in [0.1, 0.15) is 43.1 Å². The van der Waals surface area contributed by atoms with Crippen molar-refractivity contribution in [3.8, 4) is 0 Å². The molecule has 1 saturated heterocycles. The van der Waals surface area contributed by atoms with Crippen LogP contribution in [0.2, 0.25) is 0 Å². The standard InChI is InChI=1S/C14H21BrN2O2/c1-11-5-2-3-6-16(11)7-4-8-17-10-12(15)9-13(17)14(18)19/h9-11H,2-8H2,1H3,(H,18,19). The third-order valence-corrected chi connectivity index (χ3v) is 4.30. The predicted octanol–water partition coefficient (Wildman–Crippen LogP) is 3.21. The smallest absolute Gasteiger partial charge is 0.352 e. The van der Waals surface area contributed by atoms with Crippen molar-refractivity contribution in [2.75, 3.05) is 13.1 Å². The SMILES string of the molecule is CC1CCCCN1CCCn1cc(Br)cc1C(=O)O. The van der Waals surface area contributed by atoms with E-state index in [9.17, 15) is 4.79 Å². The van der Waals surface area contributed by atoms with Crippen LogP contribution in [0.15, 0.2) is 16.7 Å². The molecule has 0 bridgehead atoms. The van der Waals surface area contributed by atoms with Crippen molar-refractivity contribution in [1.29, 1.82) is 0 Å². The summed E-state index contributed by atoms with van der Waals surface area (Å²) in [4.78, 5) is 13.6. The summed E-state index contributed by atoms with van der Waals surface area (Å²) in [6, 6.07) is 2.33. The molecule has 1 aliphatic heterocycles. The van der Waals surface area contributed by atoms with Crippen molar-refractivity contribution in [3.63, 3.8) is 0 Å². The Hall–Kier alpha value is -0.810. The van der Waals surface area contributed by atoms with Gasteiger partial charge in [-0.1, -0.05) is 6.42 Å². The first-order chi connectivity index (χ1) is 9.08. The van der Waals surface area contributed by atoms with Crippen molar-refractivity contribution >= 4 is 21.9 Å². The first-order valence-electron chi connectivity index (χ1n) is 6.91. The van der Waals surface area contributed by atoms with E-state index in [1.165, 1.54) is 25.8 Å². The van der Waals surface area contributed by atoms with Crippen molar-refractivity contribution in [1.82, 2.24) is 9.47 Å². The van der Waals surface area contributed by atoms with Crippen LogP contribution in [0.5, 0.6) is 0 Å². The van der Waals surface area contributed by atoms with E-state index in [2.05, 4.69) is 27.8 Å². The molecule has 0 aromatic carbocycles. The van der Waals surface area contributed by atoms with Crippen molar-refractivity contribution < 1.29 is 9.90 Å². The molecule has 5 heteroatoms. The maximum absolute atomic E-state index is 11.1. The van der Waals surface area contributed by atoms with E-state index < -0.39 is 5.97 Å². The van der Waals surface area contributed by atoms with Gasteiger partial charge in [0.15, 0.2) is 0 Å². The van der Waals surface area contributed by atoms with Crippen LogP contribution >= 0.6 is 15.9 Å². The van der Waals surface area contributed by atoms with Gasteiger partial charge in [0, 0.05) is 29.8 Å². The fraction of sp³-hybridized carbons (Fsp3) is 0.643. The van der Waals surface area contributed by atoms with Crippen LogP contribution in [0.25, 0.3) is 0 Å². The van der Waals surface area contributed by atoms with E-state index in [0.717, 1.165) is 24.0 Å². The minimum atomic E-state index is -0.864. The topological polar surface area (TPSA) is 45.5 Å². The molecule has 1 aromatic heterocycles. The van der Waals surface area contributed by atoms with Crippen LogP contribution in [0, 0.1) is 0 Å². The van der Waals surface area contributed by atoms with Gasteiger partial charge in [0.05, 0.1) is 0 Å². The Morgan fingerprint density at radius 3 is 2.95 bits per heavy atom. The molecule has 2 heterocycles. The highest BCUT2D eigenvalue weighted by Crippen LogP contribution is 2.18. The third kappa shape index (κ3) is 3.83. The Bertz CT molecular complexity index is 445. The molecule has 1 aliphatic rings. The Balaban J connectivity index is 1.87. The number of rotatable bonds is 5. The highest BCUT2D eigenvalue weighted by molar-refractivity contribution is 9.10. The van der Waals surface area contributed by atoms with E-state index in [0.29, 0.717) is 11.7 Å². The second-order valence-corrected chi connectivity index (χ2v) is 6.19. The number of nitrogens with zero attached hydrogens (tertiary/aromatic N) is 2. The second kappa shape index (κ2) is 6.57. The summed E-state index contributed by atoms with van der Waals surface area (Å²) in [5.41, 5.74) is 0.360. The Labute approximate surface area is 122 Å². The summed E-state index contributed by atoms with van der Waals surface area (Å²) in [5.74, 6) is -0.864. The fourth-order valence-corrected chi connectivity index (χ4v) is 3.24. The minimum absolute atomic E-state index is 0.360. The van der Waals surface area contributed by atoms with Gasteiger partial charge in [0.1, 0.15) is 5.69 Å². The van der Waals surface area contributed by atoms with Crippen molar-refractivity contribution in [2.45, 2.75) is 45.2 Å². The molecule has 19 heavy (non-hydrogen) atoms. The molecular formula is C14H21BrN2O2. The third-order valence-electron chi connectivity index (χ3n) is 3.87. The lowest BCUT2D eigenvalue weighted by molar-refractivity contribution is 0.0684. The van der Waals surface area contributed by atoms with Gasteiger partial charge >= 0.3 is 5.97 Å². The quantitative estimate of drug-likeness (QED) is 0.902. The van der Waals surface area contributed by atoms with Gasteiger partial charge in [0.2, 0.25) is 0 Å². The zero-order valence-corrected chi connectivity index (χ0v) is 12.9. The van der Waals surface area contributed by atoms with E-state index in [-0.39, 0.29) is 0 Å². The van der Waals surface area contributed by atoms with Crippen molar-refractivity contribution in [2.24, 2.45) is 0 Å². The predicted molar refractivity (Wildman–Crippen MR) is 78.6 cm³/mol. The van der Waals surface area contributed by atoms with Crippen LogP contribution in [0.4, 0.5) is 0 Å². The zero-order chi connectivity index (χ0) is 13.8. The number of halogens is 1. The number of piperidine rings is 1. The highest BCUT2D eigenvalue weighted by atomic mass is 79.9. The van der Waals surface area contributed by atoms with Gasteiger partial charge < -0.3 is 14.6 Å². The van der Waals surface area contributed by atoms with Crippen LogP contribution in [0.3, 0.4) is 0 Å². The van der Waals surface area contributed by atoms with E-state index >= 15 is 0 Å². The zero-order valence-electron chi connectivity index (χ0n) is 11.3. The number of carbonyl (C=O) groups is 1. The summed E-state index contributed by atoms with van der Waals surface area (Å²) in [6.45, 7) is 5.28. The number of aryl methyl sites for hydroxylation is 1. The van der Waals surface area contributed by atoms with Gasteiger partial charge in [-0.2, -0.15) is 0 Å². The number of hydrogen-bond acceptors (Lipinski definition) is 2. The average molecular weight is 329 g/mol. The number of carboxylic acids is 1. The number of carboxylic acid groups (broad SMARTS) is 1. The largest absolute Gasteiger partial charge is 0.477 e. The number of aromatic carboxylic acids is 1. The second-order valence-electron chi connectivity index (χ2n) is 5.28. The minimum Gasteiger partial charge on any atom is -0.477 e. The molecule has 1 N–H and O–H groups in total. The Morgan fingerprint density at radius 2 is 2.26 bits per heavy atom. The van der Waals surface area contributed by atoms with E-state index in [1.54, 1.807) is 6.07 Å². The molecule has 1 unspecified atom stereocenters. The lowest BCUT2D eigenvalue weighted by Crippen LogP contribution is -2.38. The molecule has 0 saturated carbocycles. The molecular weight excluding hydrogens is 308 g/mol. The average Bonchev–Trinajstić information content (AvgIpc) is 2.73. The molecule has 1 aromatic rings. The molecule has 0 aliphatic carbocycles. The Kier molecular flexibility index (Phi) is 5.05. The van der Waals surface area contributed by atoms with Gasteiger partial charge in [-0.3, -0.25) is 0 Å². The van der Waals surface area contributed by atoms with Crippen LogP contribution in [-0.4, -0.2) is 39.7 Å². The molecule has 2 rings (SSSR count).